The van der Waals surface area contributed by atoms with Crippen molar-refractivity contribution in [3.05, 3.63) is 59.5 Å². The maximum atomic E-state index is 13.5. The van der Waals surface area contributed by atoms with E-state index in [1.165, 1.54) is 12.1 Å². The lowest BCUT2D eigenvalue weighted by atomic mass is 10.1. The van der Waals surface area contributed by atoms with Gasteiger partial charge in [0.05, 0.1) is 5.57 Å². The highest BCUT2D eigenvalue weighted by Gasteiger charge is 2.24. The zero-order valence-electron chi connectivity index (χ0n) is 17.3. The van der Waals surface area contributed by atoms with Gasteiger partial charge >= 0.3 is 0 Å². The smallest absolute Gasteiger partial charge is 0.257 e. The minimum Gasteiger partial charge on any atom is -0.385 e. The summed E-state index contributed by atoms with van der Waals surface area (Å²) in [5, 5.41) is 9.40. The van der Waals surface area contributed by atoms with Crippen LogP contribution in [-0.4, -0.2) is 37.0 Å². The average molecular weight is 397 g/mol. The molecule has 0 radical (unpaired) electrons. The molecule has 5 nitrogen and oxygen atoms in total. The topological polar surface area (TPSA) is 56.4 Å². The molecule has 0 aromatic heterocycles. The lowest BCUT2D eigenvalue weighted by Gasteiger charge is -2.18. The molecular formula is C23H29FN4O. The predicted molar refractivity (Wildman–Crippen MR) is 119 cm³/mol. The molecule has 0 aliphatic carbocycles. The number of hydrogen-bond acceptors (Lipinski definition) is 4. The van der Waals surface area contributed by atoms with Crippen LogP contribution < -0.4 is 16.0 Å². The fourth-order valence-corrected chi connectivity index (χ4v) is 3.48. The molecule has 0 bridgehead atoms. The molecule has 3 rings (SSSR count). The number of nitrogens with zero attached hydrogens (tertiary/aromatic N) is 1. The SMILES string of the molecule is CCN(CC)CCCNc1ccc(N/C=C2\C(=O)Nc3ccc(F)cc32)cc1C. The van der Waals surface area contributed by atoms with Gasteiger partial charge in [0.25, 0.3) is 5.91 Å². The Morgan fingerprint density at radius 3 is 2.66 bits per heavy atom. The van der Waals surface area contributed by atoms with Crippen molar-refractivity contribution in [2.24, 2.45) is 0 Å². The zero-order chi connectivity index (χ0) is 20.8. The van der Waals surface area contributed by atoms with Crippen molar-refractivity contribution >= 4 is 28.5 Å². The van der Waals surface area contributed by atoms with Crippen LogP contribution in [0.3, 0.4) is 0 Å². The summed E-state index contributed by atoms with van der Waals surface area (Å²) in [6, 6.07) is 10.3. The Kier molecular flexibility index (Phi) is 6.88. The summed E-state index contributed by atoms with van der Waals surface area (Å²) in [5.41, 5.74) is 4.74. The van der Waals surface area contributed by atoms with Crippen molar-refractivity contribution in [2.45, 2.75) is 27.2 Å². The molecule has 0 spiro atoms. The Hall–Kier alpha value is -2.86. The quantitative estimate of drug-likeness (QED) is 0.425. The van der Waals surface area contributed by atoms with Gasteiger partial charge < -0.3 is 20.9 Å². The van der Waals surface area contributed by atoms with E-state index >= 15 is 0 Å². The number of fused-ring (bicyclic) bond motifs is 1. The van der Waals surface area contributed by atoms with Gasteiger partial charge in [-0.05, 0) is 74.9 Å². The van der Waals surface area contributed by atoms with Crippen LogP contribution in [0.5, 0.6) is 0 Å². The van der Waals surface area contributed by atoms with Crippen molar-refractivity contribution in [2.75, 3.05) is 42.1 Å². The number of carbonyl (C=O) groups is 1. The molecule has 0 atom stereocenters. The van der Waals surface area contributed by atoms with Gasteiger partial charge in [0.15, 0.2) is 0 Å². The van der Waals surface area contributed by atoms with E-state index in [2.05, 4.69) is 41.6 Å². The standard InChI is InChI=1S/C23H29FN4O/c1-4-28(5-2)12-6-11-25-21-10-8-18(13-16(21)3)26-15-20-19-14-17(24)7-9-22(19)27-23(20)29/h7-10,13-15,25-26H,4-6,11-12H2,1-3H3,(H,27,29)/b20-15-. The highest BCUT2D eigenvalue weighted by atomic mass is 19.1. The first-order chi connectivity index (χ1) is 14.0. The molecule has 2 aromatic rings. The van der Waals surface area contributed by atoms with Gasteiger partial charge in [-0.1, -0.05) is 13.8 Å². The first kappa shape index (κ1) is 20.9. The predicted octanol–water partition coefficient (Wildman–Crippen LogP) is 4.68. The summed E-state index contributed by atoms with van der Waals surface area (Å²) in [5.74, 6) is -0.597. The van der Waals surface area contributed by atoms with E-state index in [9.17, 15) is 9.18 Å². The third kappa shape index (κ3) is 5.15. The van der Waals surface area contributed by atoms with E-state index in [-0.39, 0.29) is 11.7 Å². The van der Waals surface area contributed by atoms with Gasteiger partial charge in [-0.15, -0.1) is 0 Å². The summed E-state index contributed by atoms with van der Waals surface area (Å²) in [7, 11) is 0. The molecule has 2 aromatic carbocycles. The van der Waals surface area contributed by atoms with Crippen molar-refractivity contribution in [3.8, 4) is 0 Å². The van der Waals surface area contributed by atoms with Gasteiger partial charge in [0, 0.05) is 35.4 Å². The summed E-state index contributed by atoms with van der Waals surface area (Å²) in [6.07, 6.45) is 2.73. The van der Waals surface area contributed by atoms with Crippen LogP contribution in [0, 0.1) is 12.7 Å². The monoisotopic (exact) mass is 396 g/mol. The highest BCUT2D eigenvalue weighted by Crippen LogP contribution is 2.32. The van der Waals surface area contributed by atoms with E-state index in [1.54, 1.807) is 12.3 Å². The Bertz CT molecular complexity index is 906. The number of nitrogens with one attached hydrogen (secondary N) is 3. The number of benzene rings is 2. The Labute approximate surface area is 172 Å². The van der Waals surface area contributed by atoms with E-state index < -0.39 is 0 Å². The molecule has 1 aliphatic rings. The Morgan fingerprint density at radius 2 is 1.93 bits per heavy atom. The molecule has 0 saturated carbocycles. The van der Waals surface area contributed by atoms with Crippen molar-refractivity contribution in [1.82, 2.24) is 4.90 Å². The van der Waals surface area contributed by atoms with E-state index in [0.717, 1.165) is 49.5 Å². The molecule has 29 heavy (non-hydrogen) atoms. The lowest BCUT2D eigenvalue weighted by Crippen LogP contribution is -2.25. The second kappa shape index (κ2) is 9.56. The number of aryl methyl sites for hydroxylation is 1. The number of halogens is 1. The van der Waals surface area contributed by atoms with Gasteiger partial charge in [-0.2, -0.15) is 0 Å². The fraction of sp³-hybridized carbons (Fsp3) is 0.348. The second-order valence-corrected chi connectivity index (χ2v) is 7.18. The first-order valence-electron chi connectivity index (χ1n) is 10.2. The van der Waals surface area contributed by atoms with Crippen LogP contribution in [0.2, 0.25) is 0 Å². The van der Waals surface area contributed by atoms with E-state index in [1.807, 2.05) is 18.2 Å². The number of rotatable bonds is 9. The van der Waals surface area contributed by atoms with Crippen LogP contribution >= 0.6 is 0 Å². The van der Waals surface area contributed by atoms with Gasteiger partial charge in [0.1, 0.15) is 5.82 Å². The summed E-state index contributed by atoms with van der Waals surface area (Å²) in [4.78, 5) is 14.6. The van der Waals surface area contributed by atoms with Crippen molar-refractivity contribution in [1.29, 1.82) is 0 Å². The number of amides is 1. The molecule has 6 heteroatoms. The number of hydrogen-bond donors (Lipinski definition) is 3. The van der Waals surface area contributed by atoms with E-state index in [4.69, 9.17) is 0 Å². The average Bonchev–Trinajstić information content (AvgIpc) is 3.02. The van der Waals surface area contributed by atoms with Gasteiger partial charge in [-0.25, -0.2) is 4.39 Å². The summed E-state index contributed by atoms with van der Waals surface area (Å²) >= 11 is 0. The maximum absolute atomic E-state index is 13.5. The highest BCUT2D eigenvalue weighted by molar-refractivity contribution is 6.31. The molecular weight excluding hydrogens is 367 g/mol. The molecule has 3 N–H and O–H groups in total. The lowest BCUT2D eigenvalue weighted by molar-refractivity contribution is -0.110. The van der Waals surface area contributed by atoms with Crippen LogP contribution in [0.15, 0.2) is 42.6 Å². The van der Waals surface area contributed by atoms with Crippen molar-refractivity contribution < 1.29 is 9.18 Å². The Balaban J connectivity index is 1.61. The van der Waals surface area contributed by atoms with Crippen LogP contribution in [0.25, 0.3) is 5.57 Å². The van der Waals surface area contributed by atoms with Gasteiger partial charge in [-0.3, -0.25) is 4.79 Å². The van der Waals surface area contributed by atoms with Crippen molar-refractivity contribution in [3.63, 3.8) is 0 Å². The molecule has 0 fully saturated rings. The second-order valence-electron chi connectivity index (χ2n) is 7.18. The minimum absolute atomic E-state index is 0.235. The molecule has 1 aliphatic heterocycles. The molecule has 1 amide bonds. The maximum Gasteiger partial charge on any atom is 0.257 e. The molecule has 0 unspecified atom stereocenters. The third-order valence-electron chi connectivity index (χ3n) is 5.24. The summed E-state index contributed by atoms with van der Waals surface area (Å²) in [6.45, 7) is 10.6. The molecule has 1 heterocycles. The zero-order valence-corrected chi connectivity index (χ0v) is 17.3. The summed E-state index contributed by atoms with van der Waals surface area (Å²) < 4.78 is 13.5. The van der Waals surface area contributed by atoms with E-state index in [0.29, 0.717) is 16.8 Å². The molecule has 154 valence electrons. The largest absolute Gasteiger partial charge is 0.385 e. The number of anilines is 3. The van der Waals surface area contributed by atoms with Crippen LogP contribution in [0.1, 0.15) is 31.4 Å². The third-order valence-corrected chi connectivity index (χ3v) is 5.24. The van der Waals surface area contributed by atoms with Crippen LogP contribution in [0.4, 0.5) is 21.5 Å². The minimum atomic E-state index is -0.363. The number of carbonyl (C=O) groups excluding carboxylic acids is 1. The normalized spacial score (nSPS) is 14.2. The fourth-order valence-electron chi connectivity index (χ4n) is 3.48. The first-order valence-corrected chi connectivity index (χ1v) is 10.2. The van der Waals surface area contributed by atoms with Crippen LogP contribution in [-0.2, 0) is 4.79 Å². The molecule has 0 saturated heterocycles. The van der Waals surface area contributed by atoms with Gasteiger partial charge in [0.2, 0.25) is 0 Å². The Morgan fingerprint density at radius 1 is 1.14 bits per heavy atom.